The van der Waals surface area contributed by atoms with E-state index in [9.17, 15) is 35.4 Å². The number of ether oxygens (including phenoxy) is 3. The van der Waals surface area contributed by atoms with Crippen LogP contribution in [0.5, 0.6) is 0 Å². The average Bonchev–Trinajstić information content (AvgIpc) is 3.30. The van der Waals surface area contributed by atoms with Crippen molar-refractivity contribution in [2.75, 3.05) is 19.8 Å². The maximum absolute atomic E-state index is 12.6. The van der Waals surface area contributed by atoms with E-state index in [4.69, 9.17) is 14.2 Å². The summed E-state index contributed by atoms with van der Waals surface area (Å²) >= 11 is 0. The van der Waals surface area contributed by atoms with Crippen LogP contribution in [0.15, 0.2) is 36.4 Å². The summed E-state index contributed by atoms with van der Waals surface area (Å²) in [6.45, 7) is 1.27. The zero-order chi connectivity index (χ0) is 30.7. The Morgan fingerprint density at radius 1 is 0.837 bits per heavy atom. The van der Waals surface area contributed by atoms with Crippen molar-refractivity contribution < 1.29 is 49.6 Å². The molecule has 0 radical (unpaired) electrons. The highest BCUT2D eigenvalue weighted by molar-refractivity contribution is 6.09. The van der Waals surface area contributed by atoms with E-state index in [2.05, 4.69) is 23.7 Å². The number of hydrogen-bond donors (Lipinski definition) is 6. The third-order valence-electron chi connectivity index (χ3n) is 7.68. The van der Waals surface area contributed by atoms with Crippen LogP contribution in [0, 0.1) is 23.7 Å². The first-order valence-corrected chi connectivity index (χ1v) is 14.2. The first kappa shape index (κ1) is 31.0. The molecule has 2 aromatic carbocycles. The number of aromatic nitrogens is 1. The zero-order valence-corrected chi connectivity index (χ0v) is 23.6. The van der Waals surface area contributed by atoms with Gasteiger partial charge in [0, 0.05) is 34.7 Å². The molecule has 8 unspecified atom stereocenters. The first-order chi connectivity index (χ1) is 20.7. The van der Waals surface area contributed by atoms with Gasteiger partial charge in [0.1, 0.15) is 31.0 Å². The van der Waals surface area contributed by atoms with E-state index in [1.165, 1.54) is 0 Å². The number of hydrogen-bond acceptors (Lipinski definition) is 10. The summed E-state index contributed by atoms with van der Waals surface area (Å²) in [5, 5.41) is 61.5. The third kappa shape index (κ3) is 6.70. The molecular formula is C32H35NO10. The van der Waals surface area contributed by atoms with Crippen LogP contribution in [0.1, 0.15) is 30.9 Å². The summed E-state index contributed by atoms with van der Waals surface area (Å²) in [6, 6.07) is 11.0. The van der Waals surface area contributed by atoms with Gasteiger partial charge in [0.15, 0.2) is 0 Å². The molecule has 11 nitrogen and oxygen atoms in total. The van der Waals surface area contributed by atoms with Gasteiger partial charge in [-0.15, -0.1) is 0 Å². The van der Waals surface area contributed by atoms with Crippen molar-refractivity contribution in [1.29, 1.82) is 0 Å². The molecule has 0 saturated carbocycles. The average molecular weight is 594 g/mol. The number of aliphatic hydroxyl groups excluding tert-OH is 6. The molecule has 3 heterocycles. The molecule has 0 amide bonds. The lowest BCUT2D eigenvalue weighted by molar-refractivity contribution is -0.157. The van der Waals surface area contributed by atoms with Gasteiger partial charge in [-0.3, -0.25) is 4.79 Å². The molecule has 43 heavy (non-hydrogen) atoms. The van der Waals surface area contributed by atoms with E-state index in [1.54, 1.807) is 23.6 Å². The molecule has 2 saturated heterocycles. The van der Waals surface area contributed by atoms with Crippen LogP contribution >= 0.6 is 0 Å². The van der Waals surface area contributed by atoms with Crippen molar-refractivity contribution in [3.8, 4) is 23.7 Å². The molecule has 2 aliphatic heterocycles. The topological polar surface area (TPSA) is 171 Å². The number of rotatable bonds is 5. The number of aliphatic hydroxyl groups is 6. The van der Waals surface area contributed by atoms with E-state index in [0.29, 0.717) is 22.2 Å². The summed E-state index contributed by atoms with van der Waals surface area (Å²) in [4.78, 5) is 12.6. The maximum atomic E-state index is 12.6. The summed E-state index contributed by atoms with van der Waals surface area (Å²) in [7, 11) is 0. The number of carbonyl (C=O) groups excluding carboxylic acids is 1. The number of esters is 1. The van der Waals surface area contributed by atoms with Crippen LogP contribution in [0.3, 0.4) is 0 Å². The monoisotopic (exact) mass is 593 g/mol. The quantitative estimate of drug-likeness (QED) is 0.172. The largest absolute Gasteiger partial charge is 0.465 e. The SMILES string of the molecule is CCOC(=O)Cn1c2cc(C#CC3OC(CO)CC(O)C3O)ccc2c2ccc(C#CC3OC(CO)CC(O)C3O)cc21. The van der Waals surface area contributed by atoms with Gasteiger partial charge in [0.2, 0.25) is 0 Å². The van der Waals surface area contributed by atoms with Crippen LogP contribution in [-0.2, 0) is 25.5 Å². The Bertz CT molecular complexity index is 1490. The van der Waals surface area contributed by atoms with Gasteiger partial charge in [-0.1, -0.05) is 35.8 Å². The molecule has 1 aromatic heterocycles. The number of benzene rings is 2. The van der Waals surface area contributed by atoms with E-state index < -0.39 is 54.8 Å². The Labute approximate surface area is 248 Å². The van der Waals surface area contributed by atoms with Crippen LogP contribution in [0.4, 0.5) is 0 Å². The Kier molecular flexibility index (Phi) is 9.67. The number of fused-ring (bicyclic) bond motifs is 3. The Hall–Kier alpha value is -3.49. The third-order valence-corrected chi connectivity index (χ3v) is 7.68. The second-order valence-corrected chi connectivity index (χ2v) is 10.7. The van der Waals surface area contributed by atoms with Gasteiger partial charge in [-0.2, -0.15) is 0 Å². The van der Waals surface area contributed by atoms with Crippen LogP contribution < -0.4 is 0 Å². The highest BCUT2D eigenvalue weighted by Crippen LogP contribution is 2.31. The van der Waals surface area contributed by atoms with Gasteiger partial charge < -0.3 is 49.4 Å². The number of carbonyl (C=O) groups is 1. The van der Waals surface area contributed by atoms with Crippen LogP contribution in [-0.4, -0.2) is 110 Å². The highest BCUT2D eigenvalue weighted by atomic mass is 16.5. The van der Waals surface area contributed by atoms with Crippen molar-refractivity contribution >= 4 is 27.8 Å². The molecule has 6 N–H and O–H groups in total. The summed E-state index contributed by atoms with van der Waals surface area (Å²) < 4.78 is 18.3. The van der Waals surface area contributed by atoms with Crippen molar-refractivity contribution in [1.82, 2.24) is 4.57 Å². The summed E-state index contributed by atoms with van der Waals surface area (Å²) in [5.41, 5.74) is 2.58. The van der Waals surface area contributed by atoms with Gasteiger partial charge in [0.05, 0.1) is 55.3 Å². The van der Waals surface area contributed by atoms with Gasteiger partial charge in [-0.05, 0) is 31.2 Å². The van der Waals surface area contributed by atoms with E-state index in [0.717, 1.165) is 10.8 Å². The normalized spacial score (nSPS) is 29.0. The fraction of sp³-hybridized carbons (Fsp3) is 0.469. The molecule has 0 bridgehead atoms. The van der Waals surface area contributed by atoms with Crippen molar-refractivity contribution in [3.63, 3.8) is 0 Å². The van der Waals surface area contributed by atoms with Crippen LogP contribution in [0.2, 0.25) is 0 Å². The fourth-order valence-electron chi connectivity index (χ4n) is 5.45. The van der Waals surface area contributed by atoms with Crippen LogP contribution in [0.25, 0.3) is 21.8 Å². The predicted molar refractivity (Wildman–Crippen MR) is 155 cm³/mol. The Balaban J connectivity index is 1.52. The lowest BCUT2D eigenvalue weighted by Gasteiger charge is -2.33. The number of nitrogens with zero attached hydrogens (tertiary/aromatic N) is 1. The van der Waals surface area contributed by atoms with Gasteiger partial charge >= 0.3 is 5.97 Å². The highest BCUT2D eigenvalue weighted by Gasteiger charge is 2.36. The molecule has 8 atom stereocenters. The Morgan fingerprint density at radius 2 is 1.30 bits per heavy atom. The molecule has 0 spiro atoms. The molecule has 0 aliphatic carbocycles. The van der Waals surface area contributed by atoms with E-state index >= 15 is 0 Å². The summed E-state index contributed by atoms with van der Waals surface area (Å²) in [6.07, 6.45) is -7.55. The fourth-order valence-corrected chi connectivity index (χ4v) is 5.45. The smallest absolute Gasteiger partial charge is 0.325 e. The second kappa shape index (κ2) is 13.4. The maximum Gasteiger partial charge on any atom is 0.325 e. The zero-order valence-electron chi connectivity index (χ0n) is 23.6. The van der Waals surface area contributed by atoms with Gasteiger partial charge in [0.25, 0.3) is 0 Å². The van der Waals surface area contributed by atoms with Crippen molar-refractivity contribution in [2.45, 2.75) is 75.1 Å². The Morgan fingerprint density at radius 3 is 1.72 bits per heavy atom. The predicted octanol–water partition coefficient (Wildman–Crippen LogP) is -0.196. The first-order valence-electron chi connectivity index (χ1n) is 14.2. The molecule has 3 aromatic rings. The minimum atomic E-state index is -1.22. The molecule has 11 heteroatoms. The molecule has 2 fully saturated rings. The van der Waals surface area contributed by atoms with E-state index in [1.807, 2.05) is 24.3 Å². The molecule has 2 aliphatic rings. The molecular weight excluding hydrogens is 558 g/mol. The standard InChI is InChI=1S/C32H35NO10/c1-2-41-30(38)15-33-24-11-18(5-9-28-31(39)26(36)13-20(16-34)42-28)3-7-22(24)23-8-4-19(12-25(23)33)6-10-29-32(40)27(37)14-21(17-35)43-29/h3-4,7-8,11-12,20-21,26-29,31-32,34-37,39-40H,2,13-17H2,1H3. The molecule has 228 valence electrons. The minimum Gasteiger partial charge on any atom is -0.465 e. The van der Waals surface area contributed by atoms with Gasteiger partial charge in [-0.25, -0.2) is 0 Å². The van der Waals surface area contributed by atoms with E-state index in [-0.39, 0.29) is 39.2 Å². The summed E-state index contributed by atoms with van der Waals surface area (Å²) in [5.74, 6) is 11.2. The second-order valence-electron chi connectivity index (χ2n) is 10.7. The van der Waals surface area contributed by atoms with Crippen molar-refractivity contribution in [3.05, 3.63) is 47.5 Å². The lowest BCUT2D eigenvalue weighted by Crippen LogP contribution is -2.48. The lowest BCUT2D eigenvalue weighted by atomic mass is 9.98. The minimum absolute atomic E-state index is 0.0781. The molecule has 5 rings (SSSR count). The van der Waals surface area contributed by atoms with Crippen molar-refractivity contribution in [2.24, 2.45) is 0 Å².